The lowest BCUT2D eigenvalue weighted by atomic mass is 10.2. The number of nitrogens with two attached hydrogens (primary N) is 1. The van der Waals surface area contributed by atoms with Gasteiger partial charge in [0.1, 0.15) is 0 Å². The maximum absolute atomic E-state index is 5.59. The molecule has 0 saturated heterocycles. The van der Waals surface area contributed by atoms with Crippen molar-refractivity contribution in [2.24, 2.45) is 0 Å². The number of hydrogen-bond acceptors (Lipinski definition) is 2. The SMILES string of the molecule is C/C=C\c1ccncc1N.CC. The average molecular weight is 164 g/mol. The van der Waals surface area contributed by atoms with Crippen LogP contribution in [0.1, 0.15) is 26.3 Å². The van der Waals surface area contributed by atoms with E-state index in [4.69, 9.17) is 5.73 Å². The van der Waals surface area contributed by atoms with Gasteiger partial charge < -0.3 is 5.73 Å². The van der Waals surface area contributed by atoms with Gasteiger partial charge in [-0.25, -0.2) is 0 Å². The molecule has 0 saturated carbocycles. The van der Waals surface area contributed by atoms with Crippen LogP contribution in [0.4, 0.5) is 5.69 Å². The van der Waals surface area contributed by atoms with Gasteiger partial charge in [-0.15, -0.1) is 0 Å². The zero-order chi connectivity index (χ0) is 9.40. The fourth-order valence-electron chi connectivity index (χ4n) is 0.749. The lowest BCUT2D eigenvalue weighted by molar-refractivity contribution is 1.32. The van der Waals surface area contributed by atoms with Gasteiger partial charge in [0.15, 0.2) is 0 Å². The number of nitrogens with zero attached hydrogens (tertiary/aromatic N) is 1. The Kier molecular flexibility index (Phi) is 5.70. The summed E-state index contributed by atoms with van der Waals surface area (Å²) in [5.41, 5.74) is 7.34. The zero-order valence-electron chi connectivity index (χ0n) is 7.91. The standard InChI is InChI=1S/C8H10N2.C2H6/c1-2-3-7-4-5-10-6-8(7)9;1-2/h2-6H,9H2,1H3;1-2H3/b3-2-;. The first-order chi connectivity index (χ1) is 5.84. The van der Waals surface area contributed by atoms with E-state index in [0.717, 1.165) is 11.3 Å². The highest BCUT2D eigenvalue weighted by Crippen LogP contribution is 2.09. The van der Waals surface area contributed by atoms with Crippen molar-refractivity contribution in [3.8, 4) is 0 Å². The Hall–Kier alpha value is -1.31. The lowest BCUT2D eigenvalue weighted by Crippen LogP contribution is -1.88. The summed E-state index contributed by atoms with van der Waals surface area (Å²) in [7, 11) is 0. The smallest absolute Gasteiger partial charge is 0.0574 e. The predicted molar refractivity (Wildman–Crippen MR) is 54.7 cm³/mol. The van der Waals surface area contributed by atoms with E-state index in [2.05, 4.69) is 4.98 Å². The van der Waals surface area contributed by atoms with Crippen LogP contribution < -0.4 is 5.73 Å². The molecular formula is C10H16N2. The first-order valence-corrected chi connectivity index (χ1v) is 4.17. The highest BCUT2D eigenvalue weighted by Gasteiger charge is 1.89. The van der Waals surface area contributed by atoms with Gasteiger partial charge in [0.25, 0.3) is 0 Å². The van der Waals surface area contributed by atoms with E-state index in [0.29, 0.717) is 0 Å². The molecule has 0 bridgehead atoms. The van der Waals surface area contributed by atoms with Crippen molar-refractivity contribution in [2.75, 3.05) is 5.73 Å². The summed E-state index contributed by atoms with van der Waals surface area (Å²) in [6.45, 7) is 5.96. The maximum Gasteiger partial charge on any atom is 0.0574 e. The molecular weight excluding hydrogens is 148 g/mol. The second kappa shape index (κ2) is 6.40. The molecule has 2 nitrogen and oxygen atoms in total. The van der Waals surface area contributed by atoms with Crippen LogP contribution >= 0.6 is 0 Å². The third-order valence-corrected chi connectivity index (χ3v) is 1.23. The van der Waals surface area contributed by atoms with Crippen LogP contribution in [-0.2, 0) is 0 Å². The van der Waals surface area contributed by atoms with Crippen molar-refractivity contribution in [3.63, 3.8) is 0 Å². The minimum atomic E-state index is 0.723. The number of anilines is 1. The topological polar surface area (TPSA) is 38.9 Å². The molecule has 0 atom stereocenters. The summed E-state index contributed by atoms with van der Waals surface area (Å²) >= 11 is 0. The van der Waals surface area contributed by atoms with Crippen LogP contribution in [0, 0.1) is 0 Å². The molecule has 0 aromatic carbocycles. The van der Waals surface area contributed by atoms with Gasteiger partial charge in [0, 0.05) is 11.8 Å². The van der Waals surface area contributed by atoms with Crippen molar-refractivity contribution in [1.82, 2.24) is 4.98 Å². The van der Waals surface area contributed by atoms with Gasteiger partial charge in [-0.2, -0.15) is 0 Å². The summed E-state index contributed by atoms with van der Waals surface area (Å²) in [5, 5.41) is 0. The minimum absolute atomic E-state index is 0.723. The number of nitrogen functional groups attached to an aromatic ring is 1. The Morgan fingerprint density at radius 3 is 2.58 bits per heavy atom. The molecule has 0 aliphatic heterocycles. The Morgan fingerprint density at radius 2 is 2.08 bits per heavy atom. The first kappa shape index (κ1) is 10.7. The van der Waals surface area contributed by atoms with Crippen LogP contribution in [0.2, 0.25) is 0 Å². The maximum atomic E-state index is 5.59. The van der Waals surface area contributed by atoms with Crippen LogP contribution in [-0.4, -0.2) is 4.98 Å². The average Bonchev–Trinajstić information content (AvgIpc) is 2.13. The quantitative estimate of drug-likeness (QED) is 0.693. The molecule has 0 radical (unpaired) electrons. The Labute approximate surface area is 74.1 Å². The van der Waals surface area contributed by atoms with Gasteiger partial charge in [-0.3, -0.25) is 4.98 Å². The summed E-state index contributed by atoms with van der Waals surface area (Å²) < 4.78 is 0. The van der Waals surface area contributed by atoms with Gasteiger partial charge >= 0.3 is 0 Å². The number of hydrogen-bond donors (Lipinski definition) is 1. The number of allylic oxidation sites excluding steroid dienone is 1. The fraction of sp³-hybridized carbons (Fsp3) is 0.300. The molecule has 12 heavy (non-hydrogen) atoms. The molecule has 2 heteroatoms. The van der Waals surface area contributed by atoms with Crippen LogP contribution in [0.25, 0.3) is 6.08 Å². The van der Waals surface area contributed by atoms with E-state index in [1.165, 1.54) is 0 Å². The molecule has 2 N–H and O–H groups in total. The lowest BCUT2D eigenvalue weighted by Gasteiger charge is -1.95. The van der Waals surface area contributed by atoms with E-state index in [1.54, 1.807) is 12.4 Å². The zero-order valence-corrected chi connectivity index (χ0v) is 7.91. The van der Waals surface area contributed by atoms with Crippen LogP contribution in [0.5, 0.6) is 0 Å². The van der Waals surface area contributed by atoms with Gasteiger partial charge in [0.2, 0.25) is 0 Å². The van der Waals surface area contributed by atoms with Crippen molar-refractivity contribution in [3.05, 3.63) is 30.1 Å². The van der Waals surface area contributed by atoms with Crippen molar-refractivity contribution >= 4 is 11.8 Å². The molecule has 0 aliphatic rings. The Balaban J connectivity index is 0.000000561. The highest BCUT2D eigenvalue weighted by molar-refractivity contribution is 5.62. The van der Waals surface area contributed by atoms with Crippen molar-refractivity contribution in [1.29, 1.82) is 0 Å². The molecule has 0 spiro atoms. The molecule has 0 fully saturated rings. The number of pyridine rings is 1. The molecule has 1 aromatic heterocycles. The fourth-order valence-corrected chi connectivity index (χ4v) is 0.749. The van der Waals surface area contributed by atoms with E-state index in [-0.39, 0.29) is 0 Å². The van der Waals surface area contributed by atoms with E-state index < -0.39 is 0 Å². The minimum Gasteiger partial charge on any atom is -0.397 e. The summed E-state index contributed by atoms with van der Waals surface area (Å²) in [4.78, 5) is 3.87. The first-order valence-electron chi connectivity index (χ1n) is 4.17. The predicted octanol–water partition coefficient (Wildman–Crippen LogP) is 2.72. The number of rotatable bonds is 1. The molecule has 1 heterocycles. The van der Waals surface area contributed by atoms with Crippen LogP contribution in [0.3, 0.4) is 0 Å². The van der Waals surface area contributed by atoms with Gasteiger partial charge in [-0.1, -0.05) is 26.0 Å². The monoisotopic (exact) mass is 164 g/mol. The Bertz CT molecular complexity index is 241. The molecule has 0 unspecified atom stereocenters. The van der Waals surface area contributed by atoms with E-state index in [9.17, 15) is 0 Å². The molecule has 66 valence electrons. The van der Waals surface area contributed by atoms with Gasteiger partial charge in [0.05, 0.1) is 11.9 Å². The van der Waals surface area contributed by atoms with Crippen molar-refractivity contribution < 1.29 is 0 Å². The molecule has 0 amide bonds. The van der Waals surface area contributed by atoms with E-state index >= 15 is 0 Å². The largest absolute Gasteiger partial charge is 0.397 e. The summed E-state index contributed by atoms with van der Waals surface area (Å²) in [5.74, 6) is 0. The molecule has 1 rings (SSSR count). The van der Waals surface area contributed by atoms with Crippen LogP contribution in [0.15, 0.2) is 24.5 Å². The molecule has 0 aliphatic carbocycles. The third-order valence-electron chi connectivity index (χ3n) is 1.23. The van der Waals surface area contributed by atoms with E-state index in [1.807, 2.05) is 39.0 Å². The summed E-state index contributed by atoms with van der Waals surface area (Å²) in [6, 6.07) is 1.88. The summed E-state index contributed by atoms with van der Waals surface area (Å²) in [6.07, 6.45) is 7.28. The Morgan fingerprint density at radius 1 is 1.42 bits per heavy atom. The number of aromatic nitrogens is 1. The second-order valence-corrected chi connectivity index (χ2v) is 2.00. The second-order valence-electron chi connectivity index (χ2n) is 2.00. The third kappa shape index (κ3) is 3.19. The van der Waals surface area contributed by atoms with Crippen molar-refractivity contribution in [2.45, 2.75) is 20.8 Å². The molecule has 1 aromatic rings. The normalized spacial score (nSPS) is 9.25. The highest BCUT2D eigenvalue weighted by atomic mass is 14.7. The van der Waals surface area contributed by atoms with Gasteiger partial charge in [-0.05, 0) is 13.0 Å².